The average Bonchev–Trinajstić information content (AvgIpc) is 2.99. The number of pyridine rings is 1. The molecule has 1 aliphatic carbocycles. The summed E-state index contributed by atoms with van der Waals surface area (Å²) in [4.78, 5) is 18.6. The van der Waals surface area contributed by atoms with E-state index in [2.05, 4.69) is 22.4 Å². The average molecular weight is 311 g/mol. The van der Waals surface area contributed by atoms with Crippen molar-refractivity contribution in [2.75, 3.05) is 19.5 Å². The lowest BCUT2D eigenvalue weighted by atomic mass is 10.1. The highest BCUT2D eigenvalue weighted by atomic mass is 16.5. The SMILES string of the molecule is COc1ccc(NC(=O)N(C)C2CCc3ccccc32)c(C)n1. The number of carbonyl (C=O) groups is 1. The topological polar surface area (TPSA) is 54.5 Å². The second-order valence-corrected chi connectivity index (χ2v) is 5.78. The van der Waals surface area contributed by atoms with Crippen LogP contribution in [0, 0.1) is 6.92 Å². The summed E-state index contributed by atoms with van der Waals surface area (Å²) < 4.78 is 5.09. The normalized spacial score (nSPS) is 15.9. The molecule has 1 unspecified atom stereocenters. The number of amides is 2. The van der Waals surface area contributed by atoms with Gasteiger partial charge in [-0.1, -0.05) is 24.3 Å². The molecule has 1 atom stereocenters. The summed E-state index contributed by atoms with van der Waals surface area (Å²) >= 11 is 0. The van der Waals surface area contributed by atoms with E-state index in [-0.39, 0.29) is 12.1 Å². The monoisotopic (exact) mass is 311 g/mol. The number of nitrogens with zero attached hydrogens (tertiary/aromatic N) is 2. The second kappa shape index (κ2) is 6.28. The first-order valence-corrected chi connectivity index (χ1v) is 7.73. The van der Waals surface area contributed by atoms with Gasteiger partial charge in [-0.05, 0) is 37.0 Å². The molecule has 23 heavy (non-hydrogen) atoms. The number of urea groups is 1. The molecule has 0 radical (unpaired) electrons. The maximum absolute atomic E-state index is 12.6. The van der Waals surface area contributed by atoms with Gasteiger partial charge in [0.05, 0.1) is 24.5 Å². The number of hydrogen-bond donors (Lipinski definition) is 1. The molecule has 2 amide bonds. The molecule has 0 saturated heterocycles. The van der Waals surface area contributed by atoms with Crippen molar-refractivity contribution < 1.29 is 9.53 Å². The van der Waals surface area contributed by atoms with Gasteiger partial charge in [-0.15, -0.1) is 0 Å². The first-order chi connectivity index (χ1) is 11.1. The van der Waals surface area contributed by atoms with Gasteiger partial charge in [0.1, 0.15) is 0 Å². The number of aryl methyl sites for hydroxylation is 2. The molecule has 1 aromatic heterocycles. The minimum atomic E-state index is -0.123. The zero-order chi connectivity index (χ0) is 16.4. The molecule has 1 aliphatic rings. The third-order valence-electron chi connectivity index (χ3n) is 4.40. The standard InChI is InChI=1S/C18H21N3O2/c1-12-15(9-11-17(19-12)23-3)20-18(22)21(2)16-10-8-13-6-4-5-7-14(13)16/h4-7,9,11,16H,8,10H2,1-3H3,(H,20,22). The van der Waals surface area contributed by atoms with Gasteiger partial charge in [-0.2, -0.15) is 0 Å². The molecular weight excluding hydrogens is 290 g/mol. The molecule has 0 aliphatic heterocycles. The lowest BCUT2D eigenvalue weighted by molar-refractivity contribution is 0.204. The predicted molar refractivity (Wildman–Crippen MR) is 89.8 cm³/mol. The minimum Gasteiger partial charge on any atom is -0.481 e. The fourth-order valence-corrected chi connectivity index (χ4v) is 3.07. The summed E-state index contributed by atoms with van der Waals surface area (Å²) in [5.41, 5.74) is 4.01. The molecule has 1 heterocycles. The van der Waals surface area contributed by atoms with Crippen LogP contribution in [-0.2, 0) is 6.42 Å². The highest BCUT2D eigenvalue weighted by molar-refractivity contribution is 5.90. The molecular formula is C18H21N3O2. The van der Waals surface area contributed by atoms with Gasteiger partial charge in [0.15, 0.2) is 0 Å². The lowest BCUT2D eigenvalue weighted by Gasteiger charge is -2.26. The Morgan fingerprint density at radius 3 is 2.83 bits per heavy atom. The maximum atomic E-state index is 12.6. The summed E-state index contributed by atoms with van der Waals surface area (Å²) in [6, 6.07) is 11.9. The van der Waals surface area contributed by atoms with E-state index in [0.29, 0.717) is 11.6 Å². The predicted octanol–water partition coefficient (Wildman–Crippen LogP) is 3.55. The molecule has 5 heteroatoms. The third kappa shape index (κ3) is 2.99. The number of aromatic nitrogens is 1. The van der Waals surface area contributed by atoms with Gasteiger partial charge in [0, 0.05) is 13.1 Å². The van der Waals surface area contributed by atoms with E-state index in [1.54, 1.807) is 18.1 Å². The Balaban J connectivity index is 1.74. The number of anilines is 1. The highest BCUT2D eigenvalue weighted by Crippen LogP contribution is 2.35. The molecule has 3 rings (SSSR count). The number of methoxy groups -OCH3 is 1. The fourth-order valence-electron chi connectivity index (χ4n) is 3.07. The first-order valence-electron chi connectivity index (χ1n) is 7.73. The van der Waals surface area contributed by atoms with Gasteiger partial charge in [-0.3, -0.25) is 0 Å². The van der Waals surface area contributed by atoms with Crippen LogP contribution in [0.3, 0.4) is 0 Å². The Morgan fingerprint density at radius 1 is 1.30 bits per heavy atom. The Labute approximate surface area is 136 Å². The van der Waals surface area contributed by atoms with Crippen molar-refractivity contribution in [3.63, 3.8) is 0 Å². The van der Waals surface area contributed by atoms with Gasteiger partial charge in [0.2, 0.25) is 5.88 Å². The third-order valence-corrected chi connectivity index (χ3v) is 4.40. The molecule has 0 bridgehead atoms. The molecule has 5 nitrogen and oxygen atoms in total. The molecule has 1 N–H and O–H groups in total. The van der Waals surface area contributed by atoms with E-state index < -0.39 is 0 Å². The van der Waals surface area contributed by atoms with E-state index in [1.807, 2.05) is 32.2 Å². The molecule has 120 valence electrons. The number of ether oxygens (including phenoxy) is 1. The summed E-state index contributed by atoms with van der Waals surface area (Å²) in [6.45, 7) is 1.85. The number of rotatable bonds is 3. The van der Waals surface area contributed by atoms with Crippen molar-refractivity contribution in [1.29, 1.82) is 0 Å². The second-order valence-electron chi connectivity index (χ2n) is 5.78. The van der Waals surface area contributed by atoms with Crippen LogP contribution in [0.15, 0.2) is 36.4 Å². The number of nitrogens with one attached hydrogen (secondary N) is 1. The van der Waals surface area contributed by atoms with Crippen molar-refractivity contribution in [2.24, 2.45) is 0 Å². The van der Waals surface area contributed by atoms with Crippen LogP contribution in [0.5, 0.6) is 5.88 Å². The van der Waals surface area contributed by atoms with E-state index in [1.165, 1.54) is 11.1 Å². The van der Waals surface area contributed by atoms with Crippen molar-refractivity contribution in [3.05, 3.63) is 53.2 Å². The van der Waals surface area contributed by atoms with Crippen molar-refractivity contribution in [1.82, 2.24) is 9.88 Å². The molecule has 0 spiro atoms. The van der Waals surface area contributed by atoms with Crippen molar-refractivity contribution >= 4 is 11.7 Å². The summed E-state index contributed by atoms with van der Waals surface area (Å²) in [6.07, 6.45) is 1.98. The first kappa shape index (κ1) is 15.3. The number of hydrogen-bond acceptors (Lipinski definition) is 3. The van der Waals surface area contributed by atoms with Crippen molar-refractivity contribution in [2.45, 2.75) is 25.8 Å². The molecule has 0 saturated carbocycles. The molecule has 0 fully saturated rings. The van der Waals surface area contributed by atoms with Gasteiger partial charge < -0.3 is 15.0 Å². The van der Waals surface area contributed by atoms with E-state index in [9.17, 15) is 4.79 Å². The van der Waals surface area contributed by atoms with Crippen LogP contribution in [-0.4, -0.2) is 30.1 Å². The van der Waals surface area contributed by atoms with E-state index in [4.69, 9.17) is 4.74 Å². The van der Waals surface area contributed by atoms with Crippen LogP contribution >= 0.6 is 0 Å². The number of benzene rings is 1. The van der Waals surface area contributed by atoms with Crippen LogP contribution in [0.1, 0.15) is 29.3 Å². The maximum Gasteiger partial charge on any atom is 0.322 e. The van der Waals surface area contributed by atoms with Crippen LogP contribution in [0.4, 0.5) is 10.5 Å². The van der Waals surface area contributed by atoms with E-state index >= 15 is 0 Å². The van der Waals surface area contributed by atoms with Gasteiger partial charge in [0.25, 0.3) is 0 Å². The van der Waals surface area contributed by atoms with E-state index in [0.717, 1.165) is 18.5 Å². The summed E-state index contributed by atoms with van der Waals surface area (Å²) in [5, 5.41) is 2.94. The molecule has 1 aromatic carbocycles. The summed E-state index contributed by atoms with van der Waals surface area (Å²) in [7, 11) is 3.42. The minimum absolute atomic E-state index is 0.123. The van der Waals surface area contributed by atoms with Crippen LogP contribution in [0.2, 0.25) is 0 Å². The smallest absolute Gasteiger partial charge is 0.322 e. The largest absolute Gasteiger partial charge is 0.481 e. The number of fused-ring (bicyclic) bond motifs is 1. The lowest BCUT2D eigenvalue weighted by Crippen LogP contribution is -2.34. The Bertz CT molecular complexity index is 730. The van der Waals surface area contributed by atoms with Crippen LogP contribution in [0.25, 0.3) is 0 Å². The quantitative estimate of drug-likeness (QED) is 0.943. The Kier molecular flexibility index (Phi) is 4.19. The Morgan fingerprint density at radius 2 is 2.09 bits per heavy atom. The fraction of sp³-hybridized carbons (Fsp3) is 0.333. The highest BCUT2D eigenvalue weighted by Gasteiger charge is 2.28. The summed E-state index contributed by atoms with van der Waals surface area (Å²) in [5.74, 6) is 0.540. The number of carbonyl (C=O) groups excluding carboxylic acids is 1. The van der Waals surface area contributed by atoms with Crippen molar-refractivity contribution in [3.8, 4) is 5.88 Å². The molecule has 2 aromatic rings. The Hall–Kier alpha value is -2.56. The zero-order valence-electron chi connectivity index (χ0n) is 13.7. The van der Waals surface area contributed by atoms with Gasteiger partial charge in [-0.25, -0.2) is 9.78 Å². The zero-order valence-corrected chi connectivity index (χ0v) is 13.7. The van der Waals surface area contributed by atoms with Crippen LogP contribution < -0.4 is 10.1 Å². The van der Waals surface area contributed by atoms with Gasteiger partial charge >= 0.3 is 6.03 Å².